The Hall–Kier alpha value is -1.92. The standard InChI is InChI=1S/C19H26N2O4/c1-13-3-4-15(11-14(13)2)18(22)21-6-5-16(12-17(21)19(23)24)20-7-9-25-10-8-20/h3-4,11,16-17H,5-10,12H2,1-2H3,(H,23,24)/t16-,17+/m1/s1. The fraction of sp³-hybridized carbons (Fsp3) is 0.579. The maximum atomic E-state index is 12.9. The van der Waals surface area contributed by atoms with E-state index in [1.54, 1.807) is 6.07 Å². The molecule has 2 saturated heterocycles. The van der Waals surface area contributed by atoms with Crippen molar-refractivity contribution < 1.29 is 19.4 Å². The monoisotopic (exact) mass is 346 g/mol. The van der Waals surface area contributed by atoms with Gasteiger partial charge in [-0.05, 0) is 49.9 Å². The minimum Gasteiger partial charge on any atom is -0.480 e. The van der Waals surface area contributed by atoms with Gasteiger partial charge in [-0.3, -0.25) is 9.69 Å². The molecule has 0 aliphatic carbocycles. The zero-order valence-electron chi connectivity index (χ0n) is 14.9. The van der Waals surface area contributed by atoms with Gasteiger partial charge in [0.15, 0.2) is 0 Å². The van der Waals surface area contributed by atoms with Crippen LogP contribution in [-0.4, -0.2) is 71.7 Å². The number of aliphatic carboxylic acids is 1. The topological polar surface area (TPSA) is 70.1 Å². The zero-order valence-corrected chi connectivity index (χ0v) is 14.9. The van der Waals surface area contributed by atoms with Crippen molar-refractivity contribution in [3.63, 3.8) is 0 Å². The number of ether oxygens (including phenoxy) is 1. The van der Waals surface area contributed by atoms with Gasteiger partial charge in [-0.15, -0.1) is 0 Å². The maximum absolute atomic E-state index is 12.9. The molecule has 136 valence electrons. The second kappa shape index (κ2) is 7.54. The van der Waals surface area contributed by atoms with E-state index in [9.17, 15) is 14.7 Å². The van der Waals surface area contributed by atoms with Crippen LogP contribution in [0.2, 0.25) is 0 Å². The van der Waals surface area contributed by atoms with Crippen molar-refractivity contribution in [1.29, 1.82) is 0 Å². The highest BCUT2D eigenvalue weighted by Gasteiger charge is 2.38. The molecule has 1 aromatic rings. The smallest absolute Gasteiger partial charge is 0.326 e. The number of hydrogen-bond donors (Lipinski definition) is 1. The normalized spacial score (nSPS) is 25.0. The summed E-state index contributed by atoms with van der Waals surface area (Å²) in [7, 11) is 0. The number of benzene rings is 1. The lowest BCUT2D eigenvalue weighted by Crippen LogP contribution is -2.56. The van der Waals surface area contributed by atoms with Gasteiger partial charge in [-0.25, -0.2) is 4.79 Å². The van der Waals surface area contributed by atoms with Crippen LogP contribution in [0, 0.1) is 13.8 Å². The number of carboxylic acid groups (broad SMARTS) is 1. The molecule has 0 unspecified atom stereocenters. The van der Waals surface area contributed by atoms with Gasteiger partial charge in [0, 0.05) is 31.2 Å². The van der Waals surface area contributed by atoms with Crippen LogP contribution in [0.4, 0.5) is 0 Å². The third kappa shape index (κ3) is 3.85. The summed E-state index contributed by atoms with van der Waals surface area (Å²) in [6.07, 6.45) is 1.28. The van der Waals surface area contributed by atoms with Crippen molar-refractivity contribution in [2.45, 2.75) is 38.8 Å². The summed E-state index contributed by atoms with van der Waals surface area (Å²) in [6.45, 7) is 7.50. The van der Waals surface area contributed by atoms with Gasteiger partial charge in [-0.1, -0.05) is 6.07 Å². The average molecular weight is 346 g/mol. The first-order valence-corrected chi connectivity index (χ1v) is 8.90. The summed E-state index contributed by atoms with van der Waals surface area (Å²) in [4.78, 5) is 28.5. The van der Waals surface area contributed by atoms with Gasteiger partial charge in [0.1, 0.15) is 6.04 Å². The summed E-state index contributed by atoms with van der Waals surface area (Å²) >= 11 is 0. The summed E-state index contributed by atoms with van der Waals surface area (Å²) in [5, 5.41) is 9.68. The van der Waals surface area contributed by atoms with E-state index in [4.69, 9.17) is 4.74 Å². The van der Waals surface area contributed by atoms with Crippen LogP contribution >= 0.6 is 0 Å². The van der Waals surface area contributed by atoms with Gasteiger partial charge < -0.3 is 14.7 Å². The number of carbonyl (C=O) groups excluding carboxylic acids is 1. The SMILES string of the molecule is Cc1ccc(C(=O)N2CC[C@@H](N3CCOCC3)C[C@H]2C(=O)O)cc1C. The molecule has 2 aliphatic rings. The number of carbonyl (C=O) groups is 2. The molecule has 0 radical (unpaired) electrons. The van der Waals surface area contributed by atoms with Crippen LogP contribution in [0.1, 0.15) is 34.3 Å². The van der Waals surface area contributed by atoms with E-state index >= 15 is 0 Å². The third-order valence-corrected chi connectivity index (χ3v) is 5.44. The van der Waals surface area contributed by atoms with Gasteiger partial charge >= 0.3 is 5.97 Å². The van der Waals surface area contributed by atoms with E-state index in [2.05, 4.69) is 4.90 Å². The summed E-state index contributed by atoms with van der Waals surface area (Å²) < 4.78 is 5.38. The molecule has 1 aromatic carbocycles. The predicted molar refractivity (Wildman–Crippen MR) is 93.8 cm³/mol. The number of rotatable bonds is 3. The van der Waals surface area contributed by atoms with Crippen LogP contribution in [0.15, 0.2) is 18.2 Å². The van der Waals surface area contributed by atoms with E-state index in [-0.39, 0.29) is 11.9 Å². The lowest BCUT2D eigenvalue weighted by Gasteiger charge is -2.43. The molecule has 1 N–H and O–H groups in total. The van der Waals surface area contributed by atoms with E-state index < -0.39 is 12.0 Å². The molecule has 0 spiro atoms. The Morgan fingerprint density at radius 3 is 2.48 bits per heavy atom. The number of amides is 1. The Morgan fingerprint density at radius 2 is 1.84 bits per heavy atom. The molecule has 3 rings (SSSR count). The molecule has 25 heavy (non-hydrogen) atoms. The fourth-order valence-electron chi connectivity index (χ4n) is 3.74. The number of nitrogens with zero attached hydrogens (tertiary/aromatic N) is 2. The van der Waals surface area contributed by atoms with Crippen molar-refractivity contribution in [1.82, 2.24) is 9.80 Å². The first-order valence-electron chi connectivity index (χ1n) is 8.90. The third-order valence-electron chi connectivity index (χ3n) is 5.44. The fourth-order valence-corrected chi connectivity index (χ4v) is 3.74. The van der Waals surface area contributed by atoms with E-state index in [0.29, 0.717) is 31.7 Å². The van der Waals surface area contributed by atoms with Crippen molar-refractivity contribution in [2.75, 3.05) is 32.8 Å². The summed E-state index contributed by atoms with van der Waals surface area (Å²) in [5.41, 5.74) is 2.73. The zero-order chi connectivity index (χ0) is 18.0. The highest BCUT2D eigenvalue weighted by molar-refractivity contribution is 5.97. The van der Waals surface area contributed by atoms with Crippen molar-refractivity contribution in [3.05, 3.63) is 34.9 Å². The average Bonchev–Trinajstić information content (AvgIpc) is 2.63. The Labute approximate surface area is 148 Å². The molecule has 0 aromatic heterocycles. The number of aryl methyl sites for hydroxylation is 2. The molecule has 1 amide bonds. The van der Waals surface area contributed by atoms with Crippen molar-refractivity contribution in [2.24, 2.45) is 0 Å². The second-order valence-corrected chi connectivity index (χ2v) is 6.98. The molecule has 6 heteroatoms. The van der Waals surface area contributed by atoms with Crippen molar-refractivity contribution in [3.8, 4) is 0 Å². The summed E-state index contributed by atoms with van der Waals surface area (Å²) in [5.74, 6) is -1.11. The number of morpholine rings is 1. The predicted octanol–water partition coefficient (Wildman–Crippen LogP) is 1.69. The Balaban J connectivity index is 1.75. The molecular formula is C19H26N2O4. The maximum Gasteiger partial charge on any atom is 0.326 e. The number of hydrogen-bond acceptors (Lipinski definition) is 4. The highest BCUT2D eigenvalue weighted by atomic mass is 16.5. The number of carboxylic acids is 1. The first-order chi connectivity index (χ1) is 12.0. The second-order valence-electron chi connectivity index (χ2n) is 6.98. The Morgan fingerprint density at radius 1 is 1.12 bits per heavy atom. The molecule has 2 aliphatic heterocycles. The lowest BCUT2D eigenvalue weighted by molar-refractivity contribution is -0.144. The van der Waals surface area contributed by atoms with Gasteiger partial charge in [0.2, 0.25) is 0 Å². The van der Waals surface area contributed by atoms with Gasteiger partial charge in [0.05, 0.1) is 13.2 Å². The van der Waals surface area contributed by atoms with E-state index in [1.165, 1.54) is 4.90 Å². The highest BCUT2D eigenvalue weighted by Crippen LogP contribution is 2.25. The van der Waals surface area contributed by atoms with E-state index in [0.717, 1.165) is 30.6 Å². The van der Waals surface area contributed by atoms with Crippen LogP contribution < -0.4 is 0 Å². The largest absolute Gasteiger partial charge is 0.480 e. The Kier molecular flexibility index (Phi) is 5.39. The van der Waals surface area contributed by atoms with Gasteiger partial charge in [0.25, 0.3) is 5.91 Å². The minimum absolute atomic E-state index is 0.184. The van der Waals surface area contributed by atoms with Crippen LogP contribution in [0.3, 0.4) is 0 Å². The number of likely N-dealkylation sites (tertiary alicyclic amines) is 1. The van der Waals surface area contributed by atoms with Crippen LogP contribution in [-0.2, 0) is 9.53 Å². The van der Waals surface area contributed by atoms with Crippen LogP contribution in [0.5, 0.6) is 0 Å². The molecular weight excluding hydrogens is 320 g/mol. The molecule has 2 atom stereocenters. The quantitative estimate of drug-likeness (QED) is 0.902. The van der Waals surface area contributed by atoms with Crippen LogP contribution in [0.25, 0.3) is 0 Å². The first kappa shape index (κ1) is 17.9. The molecule has 2 fully saturated rings. The lowest BCUT2D eigenvalue weighted by atomic mass is 9.94. The Bertz CT molecular complexity index is 655. The summed E-state index contributed by atoms with van der Waals surface area (Å²) in [6, 6.07) is 4.99. The molecule has 6 nitrogen and oxygen atoms in total. The van der Waals surface area contributed by atoms with Crippen molar-refractivity contribution >= 4 is 11.9 Å². The number of piperidine rings is 1. The molecule has 0 bridgehead atoms. The van der Waals surface area contributed by atoms with E-state index in [1.807, 2.05) is 26.0 Å². The molecule has 2 heterocycles. The van der Waals surface area contributed by atoms with Gasteiger partial charge in [-0.2, -0.15) is 0 Å². The minimum atomic E-state index is -0.921. The molecule has 0 saturated carbocycles.